The first-order valence-corrected chi connectivity index (χ1v) is 9.88. The number of likely N-dealkylation sites (tertiary alicyclic amines) is 1. The predicted molar refractivity (Wildman–Crippen MR) is 102 cm³/mol. The number of nitrogens with one attached hydrogen (secondary N) is 1. The van der Waals surface area contributed by atoms with E-state index in [0.717, 1.165) is 10.5 Å². The molecule has 4 rings (SSSR count). The largest absolute Gasteiger partial charge is 0.481 e. The number of aliphatic carboxylic acids is 2. The Labute approximate surface area is 169 Å². The second kappa shape index (κ2) is 7.09. The number of rotatable bonds is 6. The van der Waals surface area contributed by atoms with Gasteiger partial charge in [0.2, 0.25) is 11.8 Å². The summed E-state index contributed by atoms with van der Waals surface area (Å²) >= 11 is 1.32. The second-order valence-corrected chi connectivity index (χ2v) is 8.22. The molecule has 0 saturated carbocycles. The van der Waals surface area contributed by atoms with Crippen molar-refractivity contribution in [2.75, 3.05) is 0 Å². The van der Waals surface area contributed by atoms with Gasteiger partial charge in [-0.25, -0.2) is 0 Å². The minimum atomic E-state index is -2.05. The molecule has 0 bridgehead atoms. The highest BCUT2D eigenvalue weighted by molar-refractivity contribution is 7.10. The van der Waals surface area contributed by atoms with Crippen LogP contribution in [-0.4, -0.2) is 44.4 Å². The number of carboxylic acid groups (broad SMARTS) is 2. The van der Waals surface area contributed by atoms with Crippen LogP contribution in [0.3, 0.4) is 0 Å². The van der Waals surface area contributed by atoms with Gasteiger partial charge in [-0.3, -0.25) is 29.4 Å². The number of fused-ring (bicyclic) bond motifs is 1. The molecule has 4 unspecified atom stereocenters. The normalized spacial score (nSPS) is 28.6. The quantitative estimate of drug-likeness (QED) is 0.612. The Bertz CT molecular complexity index is 976. The topological polar surface area (TPSA) is 124 Å². The lowest BCUT2D eigenvalue weighted by Crippen LogP contribution is -2.56. The van der Waals surface area contributed by atoms with Crippen molar-refractivity contribution >= 4 is 35.1 Å². The van der Waals surface area contributed by atoms with Crippen molar-refractivity contribution < 1.29 is 29.4 Å². The molecule has 2 fully saturated rings. The zero-order chi connectivity index (χ0) is 20.8. The number of thiophene rings is 1. The maximum atomic E-state index is 13.2. The highest BCUT2D eigenvalue weighted by Gasteiger charge is 2.69. The molecule has 2 aromatic rings. The Morgan fingerprint density at radius 2 is 1.79 bits per heavy atom. The first-order chi connectivity index (χ1) is 13.8. The van der Waals surface area contributed by atoms with Crippen molar-refractivity contribution in [1.29, 1.82) is 0 Å². The smallest absolute Gasteiger partial charge is 0.325 e. The molecular formula is C20H18N2O6S. The lowest BCUT2D eigenvalue weighted by Gasteiger charge is -2.29. The van der Waals surface area contributed by atoms with Gasteiger partial charge in [-0.2, -0.15) is 0 Å². The Hall–Kier alpha value is -3.04. The Kier molecular flexibility index (Phi) is 4.71. The third kappa shape index (κ3) is 3.02. The third-order valence-corrected chi connectivity index (χ3v) is 6.55. The number of amides is 2. The first kappa shape index (κ1) is 19.3. The van der Waals surface area contributed by atoms with E-state index >= 15 is 0 Å². The maximum Gasteiger partial charge on any atom is 0.325 e. The van der Waals surface area contributed by atoms with Crippen LogP contribution in [0.15, 0.2) is 47.8 Å². The molecule has 29 heavy (non-hydrogen) atoms. The molecule has 2 amide bonds. The van der Waals surface area contributed by atoms with Gasteiger partial charge < -0.3 is 10.2 Å². The fourth-order valence-corrected chi connectivity index (χ4v) is 5.19. The van der Waals surface area contributed by atoms with E-state index in [1.807, 2.05) is 6.07 Å². The van der Waals surface area contributed by atoms with E-state index in [-0.39, 0.29) is 6.54 Å². The Morgan fingerprint density at radius 1 is 1.07 bits per heavy atom. The van der Waals surface area contributed by atoms with Gasteiger partial charge in [-0.15, -0.1) is 11.3 Å². The van der Waals surface area contributed by atoms with E-state index < -0.39 is 53.6 Å². The van der Waals surface area contributed by atoms with Crippen molar-refractivity contribution in [3.63, 3.8) is 0 Å². The molecule has 1 aromatic heterocycles. The summed E-state index contributed by atoms with van der Waals surface area (Å²) in [7, 11) is 0. The maximum absolute atomic E-state index is 13.2. The molecule has 0 aliphatic carbocycles. The molecule has 3 N–H and O–H groups in total. The summed E-state index contributed by atoms with van der Waals surface area (Å²) in [5, 5.41) is 23.9. The monoisotopic (exact) mass is 414 g/mol. The van der Waals surface area contributed by atoms with Crippen molar-refractivity contribution in [2.45, 2.75) is 24.5 Å². The number of carbonyl (C=O) groups excluding carboxylic acids is 2. The van der Waals surface area contributed by atoms with E-state index in [1.165, 1.54) is 11.3 Å². The molecule has 4 atom stereocenters. The molecule has 0 radical (unpaired) electrons. The van der Waals surface area contributed by atoms with Gasteiger partial charge >= 0.3 is 11.9 Å². The number of imide groups is 1. The van der Waals surface area contributed by atoms with E-state index in [9.17, 15) is 29.4 Å². The Balaban J connectivity index is 1.78. The van der Waals surface area contributed by atoms with Gasteiger partial charge in [-0.1, -0.05) is 36.4 Å². The number of nitrogens with zero attached hydrogens (tertiary/aromatic N) is 1. The Morgan fingerprint density at radius 3 is 2.38 bits per heavy atom. The van der Waals surface area contributed by atoms with Crippen LogP contribution in [0, 0.1) is 11.8 Å². The minimum Gasteiger partial charge on any atom is -0.481 e. The van der Waals surface area contributed by atoms with Gasteiger partial charge in [0.1, 0.15) is 5.54 Å². The molecule has 0 spiro atoms. The highest BCUT2D eigenvalue weighted by Crippen LogP contribution is 2.51. The molecule has 2 saturated heterocycles. The SMILES string of the molecule is O=C(O)CC1(C(=O)O)NC(c2cccs2)C2C(=O)N(Cc3ccccc3)C(=O)C21. The van der Waals surface area contributed by atoms with E-state index in [2.05, 4.69) is 5.32 Å². The number of benzene rings is 1. The summed E-state index contributed by atoms with van der Waals surface area (Å²) in [6.45, 7) is 0.0193. The van der Waals surface area contributed by atoms with Gasteiger partial charge in [0.15, 0.2) is 0 Å². The molecular weight excluding hydrogens is 396 g/mol. The van der Waals surface area contributed by atoms with Gasteiger partial charge in [0.25, 0.3) is 0 Å². The first-order valence-electron chi connectivity index (χ1n) is 9.00. The second-order valence-electron chi connectivity index (χ2n) is 7.24. The summed E-state index contributed by atoms with van der Waals surface area (Å²) in [6.07, 6.45) is -0.802. The lowest BCUT2D eigenvalue weighted by atomic mass is 9.78. The van der Waals surface area contributed by atoms with Crippen LogP contribution < -0.4 is 5.32 Å². The van der Waals surface area contributed by atoms with Crippen LogP contribution in [0.2, 0.25) is 0 Å². The number of carbonyl (C=O) groups is 4. The molecule has 8 nitrogen and oxygen atoms in total. The zero-order valence-electron chi connectivity index (χ0n) is 15.1. The summed E-state index contributed by atoms with van der Waals surface area (Å²) in [6, 6.07) is 11.7. The van der Waals surface area contributed by atoms with Crippen LogP contribution in [-0.2, 0) is 25.7 Å². The van der Waals surface area contributed by atoms with Crippen LogP contribution in [0.25, 0.3) is 0 Å². The van der Waals surface area contributed by atoms with Crippen LogP contribution >= 0.6 is 11.3 Å². The van der Waals surface area contributed by atoms with Crippen LogP contribution in [0.1, 0.15) is 22.9 Å². The average Bonchev–Trinajstić information content (AvgIpc) is 3.37. The fourth-order valence-electron chi connectivity index (χ4n) is 4.37. The van der Waals surface area contributed by atoms with Crippen molar-refractivity contribution in [3.05, 3.63) is 58.3 Å². The van der Waals surface area contributed by atoms with Crippen LogP contribution in [0.5, 0.6) is 0 Å². The summed E-state index contributed by atoms with van der Waals surface area (Å²) in [4.78, 5) is 51.9. The lowest BCUT2D eigenvalue weighted by molar-refractivity contribution is -0.156. The average molecular weight is 414 g/mol. The summed E-state index contributed by atoms with van der Waals surface area (Å²) in [5.74, 6) is -6.20. The van der Waals surface area contributed by atoms with E-state index in [0.29, 0.717) is 4.88 Å². The number of hydrogen-bond acceptors (Lipinski definition) is 6. The molecule has 3 heterocycles. The van der Waals surface area contributed by atoms with Crippen molar-refractivity contribution in [2.24, 2.45) is 11.8 Å². The number of carboxylic acids is 2. The van der Waals surface area contributed by atoms with Gasteiger partial charge in [0, 0.05) is 4.88 Å². The van der Waals surface area contributed by atoms with E-state index in [4.69, 9.17) is 0 Å². The molecule has 2 aliphatic heterocycles. The van der Waals surface area contributed by atoms with Gasteiger partial charge in [0.05, 0.1) is 30.8 Å². The molecule has 150 valence electrons. The fraction of sp³-hybridized carbons (Fsp3) is 0.300. The highest BCUT2D eigenvalue weighted by atomic mass is 32.1. The molecule has 9 heteroatoms. The molecule has 2 aliphatic rings. The standard InChI is InChI=1S/C20H18N2O6S/c23-13(24)9-20(19(27)28)15-14(16(21-20)12-7-4-8-29-12)17(25)22(18(15)26)10-11-5-2-1-3-6-11/h1-8,14-16,21H,9-10H2,(H,23,24)(H,27,28). The predicted octanol–water partition coefficient (Wildman–Crippen LogP) is 1.49. The summed E-state index contributed by atoms with van der Waals surface area (Å²) < 4.78 is 0. The molecule has 1 aromatic carbocycles. The summed E-state index contributed by atoms with van der Waals surface area (Å²) in [5.41, 5.74) is -1.32. The third-order valence-electron chi connectivity index (χ3n) is 5.59. The van der Waals surface area contributed by atoms with Crippen LogP contribution in [0.4, 0.5) is 0 Å². The van der Waals surface area contributed by atoms with Crippen molar-refractivity contribution in [3.8, 4) is 0 Å². The van der Waals surface area contributed by atoms with Gasteiger partial charge in [-0.05, 0) is 17.0 Å². The minimum absolute atomic E-state index is 0.0193. The van der Waals surface area contributed by atoms with E-state index in [1.54, 1.807) is 41.8 Å². The van der Waals surface area contributed by atoms with Crippen molar-refractivity contribution in [1.82, 2.24) is 10.2 Å². The number of hydrogen-bond donors (Lipinski definition) is 3. The zero-order valence-corrected chi connectivity index (χ0v) is 16.0.